The van der Waals surface area contributed by atoms with E-state index < -0.39 is 0 Å². The summed E-state index contributed by atoms with van der Waals surface area (Å²) in [5.41, 5.74) is 3.29. The molecule has 2 bridgehead atoms. The van der Waals surface area contributed by atoms with Crippen molar-refractivity contribution in [3.05, 3.63) is 24.3 Å². The van der Waals surface area contributed by atoms with E-state index in [2.05, 4.69) is 13.2 Å². The fraction of sp³-hybridized carbons (Fsp3) is 0.692. The molecule has 5 rings (SSSR count). The molecule has 0 amide bonds. The van der Waals surface area contributed by atoms with Gasteiger partial charge in [0.05, 0.1) is 0 Å². The van der Waals surface area contributed by atoms with E-state index in [9.17, 15) is 0 Å². The maximum atomic E-state index is 4.37. The van der Waals surface area contributed by atoms with Gasteiger partial charge in [-0.15, -0.1) is 0 Å². The predicted molar refractivity (Wildman–Crippen MR) is 50.8 cm³/mol. The summed E-state index contributed by atoms with van der Waals surface area (Å²) < 4.78 is 0. The number of fused-ring (bicyclic) bond motifs is 2. The Kier molecular flexibility index (Phi) is 0.632. The molecule has 0 radical (unpaired) electrons. The summed E-state index contributed by atoms with van der Waals surface area (Å²) in [6.07, 6.45) is 1.54. The van der Waals surface area contributed by atoms with Crippen molar-refractivity contribution in [2.75, 3.05) is 0 Å². The minimum atomic E-state index is 0.905. The minimum Gasteiger partial charge on any atom is -0.0992 e. The van der Waals surface area contributed by atoms with E-state index in [-0.39, 0.29) is 0 Å². The third-order valence-corrected chi connectivity index (χ3v) is 6.22. The van der Waals surface area contributed by atoms with Crippen molar-refractivity contribution in [2.24, 2.45) is 47.3 Å². The van der Waals surface area contributed by atoms with Gasteiger partial charge in [0.15, 0.2) is 0 Å². The van der Waals surface area contributed by atoms with Gasteiger partial charge in [0.1, 0.15) is 0 Å². The first-order valence-electron chi connectivity index (χ1n) is 5.68. The molecule has 0 aromatic heterocycles. The van der Waals surface area contributed by atoms with E-state index in [1.54, 1.807) is 11.1 Å². The first kappa shape index (κ1) is 6.06. The second-order valence-corrected chi connectivity index (χ2v) is 5.97. The van der Waals surface area contributed by atoms with E-state index in [1.165, 1.54) is 6.42 Å². The molecule has 6 unspecified atom stereocenters. The molecule has 66 valence electrons. The van der Waals surface area contributed by atoms with Crippen molar-refractivity contribution in [1.82, 2.24) is 0 Å². The lowest BCUT2D eigenvalue weighted by Crippen LogP contribution is -2.42. The van der Waals surface area contributed by atoms with Crippen LogP contribution in [0.3, 0.4) is 0 Å². The van der Waals surface area contributed by atoms with Crippen LogP contribution in [0.25, 0.3) is 0 Å². The Morgan fingerprint density at radius 2 is 1.23 bits per heavy atom. The number of hydrogen-bond donors (Lipinski definition) is 0. The lowest BCUT2D eigenvalue weighted by Gasteiger charge is -2.46. The molecular weight excluding hydrogens is 156 g/mol. The van der Waals surface area contributed by atoms with Crippen LogP contribution < -0.4 is 0 Å². The van der Waals surface area contributed by atoms with Crippen LogP contribution in [-0.2, 0) is 0 Å². The molecule has 0 aromatic carbocycles. The van der Waals surface area contributed by atoms with Gasteiger partial charge >= 0.3 is 0 Å². The van der Waals surface area contributed by atoms with Crippen LogP contribution in [0.1, 0.15) is 6.42 Å². The molecule has 5 saturated carbocycles. The highest BCUT2D eigenvalue weighted by molar-refractivity contribution is 5.47. The zero-order valence-corrected chi connectivity index (χ0v) is 7.74. The lowest BCUT2D eigenvalue weighted by atomic mass is 9.58. The zero-order valence-electron chi connectivity index (χ0n) is 7.74. The Bertz CT molecular complexity index is 337. The van der Waals surface area contributed by atoms with Crippen LogP contribution in [0.5, 0.6) is 0 Å². The van der Waals surface area contributed by atoms with E-state index in [0.717, 1.165) is 47.3 Å². The molecule has 0 spiro atoms. The van der Waals surface area contributed by atoms with Gasteiger partial charge in [0, 0.05) is 0 Å². The topological polar surface area (TPSA) is 0 Å². The van der Waals surface area contributed by atoms with Gasteiger partial charge in [-0.1, -0.05) is 24.3 Å². The first-order chi connectivity index (χ1) is 6.30. The molecule has 5 fully saturated rings. The maximum Gasteiger partial charge on any atom is -0.0100 e. The van der Waals surface area contributed by atoms with Crippen molar-refractivity contribution in [2.45, 2.75) is 6.42 Å². The molecule has 8 atom stereocenters. The number of allylic oxidation sites excluding steroid dienone is 2. The van der Waals surface area contributed by atoms with Gasteiger partial charge in [-0.2, -0.15) is 0 Å². The monoisotopic (exact) mass is 170 g/mol. The predicted octanol–water partition coefficient (Wildman–Crippen LogP) is 2.49. The van der Waals surface area contributed by atoms with Crippen molar-refractivity contribution >= 4 is 0 Å². The summed E-state index contributed by atoms with van der Waals surface area (Å²) >= 11 is 0. The van der Waals surface area contributed by atoms with Gasteiger partial charge in [-0.25, -0.2) is 0 Å². The molecule has 0 aromatic rings. The standard InChI is InChI=1S/C13H14/c1-4-8-6-3-7-9(8)5(2)11-10(4)12(6)13(7)11/h6-13H,1-3H2/t6-,7+,8?,9?,10?,11?,12?,13?. The molecule has 0 saturated heterocycles. The first-order valence-corrected chi connectivity index (χ1v) is 5.68. The Morgan fingerprint density at radius 1 is 0.769 bits per heavy atom. The minimum absolute atomic E-state index is 0.905. The van der Waals surface area contributed by atoms with Crippen molar-refractivity contribution in [3.8, 4) is 0 Å². The summed E-state index contributed by atoms with van der Waals surface area (Å²) in [6, 6.07) is 0. The zero-order chi connectivity index (χ0) is 8.48. The van der Waals surface area contributed by atoms with Crippen LogP contribution in [0.4, 0.5) is 0 Å². The maximum absolute atomic E-state index is 4.37. The lowest BCUT2D eigenvalue weighted by molar-refractivity contribution is 0.0535. The Morgan fingerprint density at radius 3 is 1.69 bits per heavy atom. The molecule has 13 heavy (non-hydrogen) atoms. The van der Waals surface area contributed by atoms with E-state index >= 15 is 0 Å². The highest BCUT2D eigenvalue weighted by Crippen LogP contribution is 2.85. The third-order valence-electron chi connectivity index (χ3n) is 6.22. The van der Waals surface area contributed by atoms with Crippen molar-refractivity contribution in [1.29, 1.82) is 0 Å². The van der Waals surface area contributed by atoms with Gasteiger partial charge < -0.3 is 0 Å². The van der Waals surface area contributed by atoms with Gasteiger partial charge in [-0.3, -0.25) is 0 Å². The fourth-order valence-corrected chi connectivity index (χ4v) is 6.26. The van der Waals surface area contributed by atoms with E-state index in [4.69, 9.17) is 0 Å². The van der Waals surface area contributed by atoms with E-state index in [1.807, 2.05) is 0 Å². The van der Waals surface area contributed by atoms with Crippen molar-refractivity contribution in [3.63, 3.8) is 0 Å². The largest absolute Gasteiger partial charge is 0.0992 e. The molecule has 0 heteroatoms. The Hall–Kier alpha value is -0.520. The number of rotatable bonds is 0. The fourth-order valence-electron chi connectivity index (χ4n) is 6.26. The van der Waals surface area contributed by atoms with Crippen LogP contribution in [0, 0.1) is 47.3 Å². The molecule has 5 aliphatic rings. The highest BCUT2D eigenvalue weighted by atomic mass is 14.8. The van der Waals surface area contributed by atoms with Crippen LogP contribution in [0.2, 0.25) is 0 Å². The smallest absolute Gasteiger partial charge is 0.0100 e. The SMILES string of the molecule is C=C1C2C3C(=C)C4C1[C@H]1C[C@@H]4C3C21. The second kappa shape index (κ2) is 1.36. The summed E-state index contributed by atoms with van der Waals surface area (Å²) in [5, 5.41) is 0. The Balaban J connectivity index is 1.92. The molecule has 0 aliphatic heterocycles. The summed E-state index contributed by atoms with van der Waals surface area (Å²) in [4.78, 5) is 0. The Labute approximate surface area is 78.7 Å². The number of hydrogen-bond acceptors (Lipinski definition) is 0. The molecule has 0 N–H and O–H groups in total. The van der Waals surface area contributed by atoms with Crippen LogP contribution >= 0.6 is 0 Å². The average Bonchev–Trinajstić information content (AvgIpc) is 2.52. The summed E-state index contributed by atoms with van der Waals surface area (Å²) in [6.45, 7) is 8.73. The van der Waals surface area contributed by atoms with Gasteiger partial charge in [0.2, 0.25) is 0 Å². The molecule has 5 aliphatic carbocycles. The van der Waals surface area contributed by atoms with E-state index in [0.29, 0.717) is 0 Å². The summed E-state index contributed by atoms with van der Waals surface area (Å²) in [7, 11) is 0. The molecular formula is C13H14. The quantitative estimate of drug-likeness (QED) is 0.490. The third kappa shape index (κ3) is 0.335. The average molecular weight is 170 g/mol. The summed E-state index contributed by atoms with van der Waals surface area (Å²) in [5.74, 6) is 7.93. The van der Waals surface area contributed by atoms with Gasteiger partial charge in [0.25, 0.3) is 0 Å². The van der Waals surface area contributed by atoms with Gasteiger partial charge in [-0.05, 0) is 53.8 Å². The van der Waals surface area contributed by atoms with Crippen molar-refractivity contribution < 1.29 is 0 Å². The van der Waals surface area contributed by atoms with Crippen LogP contribution in [-0.4, -0.2) is 0 Å². The molecule has 0 heterocycles. The van der Waals surface area contributed by atoms with Crippen LogP contribution in [0.15, 0.2) is 24.3 Å². The highest BCUT2D eigenvalue weighted by Gasteiger charge is 2.79. The normalized spacial score (nSPS) is 74.2. The second-order valence-electron chi connectivity index (χ2n) is 5.97. The molecule has 0 nitrogen and oxygen atoms in total.